The molecule has 0 bridgehead atoms. The monoisotopic (exact) mass is 383 g/mol. The van der Waals surface area contributed by atoms with Gasteiger partial charge in [-0.2, -0.15) is 0 Å². The van der Waals surface area contributed by atoms with Gasteiger partial charge in [-0.3, -0.25) is 4.79 Å². The van der Waals surface area contributed by atoms with Crippen LogP contribution in [0.1, 0.15) is 17.3 Å². The average molecular weight is 384 g/mol. The molecule has 0 fully saturated rings. The van der Waals surface area contributed by atoms with E-state index in [1.807, 2.05) is 0 Å². The Labute approximate surface area is 156 Å². The maximum absolute atomic E-state index is 12.5. The maximum Gasteiger partial charge on any atom is 0.253 e. The van der Waals surface area contributed by atoms with Crippen molar-refractivity contribution in [3.8, 4) is 17.2 Å². The molecule has 0 radical (unpaired) electrons. The number of carbonyl (C=O) groups is 1. The molecular weight excluding hydrogens is 365 g/mol. The fraction of sp³-hybridized carbons (Fsp3) is 0.278. The van der Waals surface area contributed by atoms with E-state index < -0.39 is 0 Å². The molecule has 0 spiro atoms. The lowest BCUT2D eigenvalue weighted by Gasteiger charge is -2.18. The van der Waals surface area contributed by atoms with Crippen molar-refractivity contribution in [1.82, 2.24) is 4.90 Å². The van der Waals surface area contributed by atoms with Gasteiger partial charge in [0.2, 0.25) is 0 Å². The number of halogens is 2. The number of benzene rings is 2. The molecule has 2 aromatic rings. The normalized spacial score (nSPS) is 10.4. The highest BCUT2D eigenvalue weighted by Gasteiger charge is 2.17. The van der Waals surface area contributed by atoms with Crippen molar-refractivity contribution in [1.29, 1.82) is 0 Å². The highest BCUT2D eigenvalue weighted by atomic mass is 35.5. The Morgan fingerprint density at radius 2 is 1.84 bits per heavy atom. The Morgan fingerprint density at radius 3 is 2.48 bits per heavy atom. The SMILES string of the molecule is CCOc1cc(C(=O)N(C)CCOc2ccc(Cl)cc2)cc(Cl)c1O. The van der Waals surface area contributed by atoms with Gasteiger partial charge in [-0.15, -0.1) is 0 Å². The molecule has 5 nitrogen and oxygen atoms in total. The number of rotatable bonds is 7. The van der Waals surface area contributed by atoms with E-state index in [4.69, 9.17) is 32.7 Å². The summed E-state index contributed by atoms with van der Waals surface area (Å²) in [6, 6.07) is 9.89. The molecule has 0 atom stereocenters. The van der Waals surface area contributed by atoms with E-state index in [2.05, 4.69) is 0 Å². The highest BCUT2D eigenvalue weighted by molar-refractivity contribution is 6.32. The van der Waals surface area contributed by atoms with Gasteiger partial charge in [0.1, 0.15) is 12.4 Å². The predicted octanol–water partition coefficient (Wildman–Crippen LogP) is 4.25. The van der Waals surface area contributed by atoms with Gasteiger partial charge in [0, 0.05) is 17.6 Å². The quantitative estimate of drug-likeness (QED) is 0.776. The third-order valence-electron chi connectivity index (χ3n) is 3.43. The largest absolute Gasteiger partial charge is 0.503 e. The van der Waals surface area contributed by atoms with Crippen molar-refractivity contribution in [2.45, 2.75) is 6.92 Å². The van der Waals surface area contributed by atoms with Crippen molar-refractivity contribution >= 4 is 29.1 Å². The van der Waals surface area contributed by atoms with Crippen LogP contribution in [-0.2, 0) is 0 Å². The molecule has 0 unspecified atom stereocenters. The fourth-order valence-electron chi connectivity index (χ4n) is 2.12. The van der Waals surface area contributed by atoms with Gasteiger partial charge in [-0.25, -0.2) is 0 Å². The van der Waals surface area contributed by atoms with Gasteiger partial charge in [0.05, 0.1) is 18.2 Å². The molecule has 0 aromatic heterocycles. The number of hydrogen-bond donors (Lipinski definition) is 1. The summed E-state index contributed by atoms with van der Waals surface area (Å²) in [4.78, 5) is 14.0. The molecule has 0 saturated heterocycles. The number of ether oxygens (including phenoxy) is 2. The Balaban J connectivity index is 1.98. The first kappa shape index (κ1) is 19.2. The molecule has 0 aliphatic heterocycles. The van der Waals surface area contributed by atoms with Gasteiger partial charge in [-0.05, 0) is 43.3 Å². The van der Waals surface area contributed by atoms with Crippen LogP contribution in [0.3, 0.4) is 0 Å². The Hall–Kier alpha value is -2.11. The minimum Gasteiger partial charge on any atom is -0.503 e. The molecule has 25 heavy (non-hydrogen) atoms. The summed E-state index contributed by atoms with van der Waals surface area (Å²) in [7, 11) is 1.66. The molecule has 134 valence electrons. The minimum absolute atomic E-state index is 0.0696. The van der Waals surface area contributed by atoms with Gasteiger partial charge in [0.25, 0.3) is 5.91 Å². The van der Waals surface area contributed by atoms with Gasteiger partial charge in [-0.1, -0.05) is 23.2 Å². The molecule has 1 N–H and O–H groups in total. The third-order valence-corrected chi connectivity index (χ3v) is 3.97. The Bertz CT molecular complexity index is 735. The number of aromatic hydroxyl groups is 1. The minimum atomic E-state index is -0.248. The molecule has 7 heteroatoms. The maximum atomic E-state index is 12.5. The molecule has 2 aromatic carbocycles. The Kier molecular flexibility index (Phi) is 6.79. The lowest BCUT2D eigenvalue weighted by atomic mass is 10.1. The lowest BCUT2D eigenvalue weighted by molar-refractivity contribution is 0.0773. The summed E-state index contributed by atoms with van der Waals surface area (Å²) in [5, 5.41) is 10.6. The highest BCUT2D eigenvalue weighted by Crippen LogP contribution is 2.35. The zero-order valence-electron chi connectivity index (χ0n) is 14.0. The summed E-state index contributed by atoms with van der Waals surface area (Å²) < 4.78 is 10.9. The van der Waals surface area contributed by atoms with E-state index in [0.29, 0.717) is 36.1 Å². The number of phenolic OH excluding ortho intramolecular Hbond substituents is 1. The van der Waals surface area contributed by atoms with E-state index in [-0.39, 0.29) is 22.4 Å². The summed E-state index contributed by atoms with van der Waals surface area (Å²) in [5.41, 5.74) is 0.334. The van der Waals surface area contributed by atoms with Crippen LogP contribution in [0, 0.1) is 0 Å². The van der Waals surface area contributed by atoms with Crippen LogP contribution < -0.4 is 9.47 Å². The van der Waals surface area contributed by atoms with Crippen molar-refractivity contribution in [3.63, 3.8) is 0 Å². The smallest absolute Gasteiger partial charge is 0.253 e. The number of amides is 1. The van der Waals surface area contributed by atoms with E-state index in [0.717, 1.165) is 0 Å². The number of carbonyl (C=O) groups excluding carboxylic acids is 1. The first-order chi connectivity index (χ1) is 11.9. The van der Waals surface area contributed by atoms with E-state index in [1.54, 1.807) is 38.2 Å². The zero-order chi connectivity index (χ0) is 18.4. The number of hydrogen-bond acceptors (Lipinski definition) is 4. The van der Waals surface area contributed by atoms with Crippen LogP contribution in [-0.4, -0.2) is 42.7 Å². The zero-order valence-corrected chi connectivity index (χ0v) is 15.5. The average Bonchev–Trinajstić information content (AvgIpc) is 2.60. The van der Waals surface area contributed by atoms with E-state index in [1.165, 1.54) is 17.0 Å². The van der Waals surface area contributed by atoms with Gasteiger partial charge in [0.15, 0.2) is 11.5 Å². The van der Waals surface area contributed by atoms with Gasteiger partial charge >= 0.3 is 0 Å². The molecule has 0 aliphatic rings. The van der Waals surface area contributed by atoms with Crippen LogP contribution >= 0.6 is 23.2 Å². The van der Waals surface area contributed by atoms with Crippen LogP contribution in [0.25, 0.3) is 0 Å². The molecule has 0 heterocycles. The first-order valence-corrected chi connectivity index (χ1v) is 8.47. The van der Waals surface area contributed by atoms with Crippen LogP contribution in [0.5, 0.6) is 17.2 Å². The summed E-state index contributed by atoms with van der Waals surface area (Å²) in [6.45, 7) is 2.84. The molecule has 1 amide bonds. The molecular formula is C18H19Cl2NO4. The van der Waals surface area contributed by atoms with Crippen molar-refractivity contribution in [2.24, 2.45) is 0 Å². The van der Waals surface area contributed by atoms with Crippen LogP contribution in [0.4, 0.5) is 0 Å². The van der Waals surface area contributed by atoms with Gasteiger partial charge < -0.3 is 19.5 Å². The first-order valence-electron chi connectivity index (χ1n) is 7.71. The molecule has 0 saturated carbocycles. The third kappa shape index (κ3) is 5.18. The fourth-order valence-corrected chi connectivity index (χ4v) is 2.45. The predicted molar refractivity (Wildman–Crippen MR) is 98.2 cm³/mol. The standard InChI is InChI=1S/C18H19Cl2NO4/c1-3-24-16-11-12(10-15(20)17(16)22)18(23)21(2)8-9-25-14-6-4-13(19)5-7-14/h4-7,10-11,22H,3,8-9H2,1-2H3. The van der Waals surface area contributed by atoms with E-state index >= 15 is 0 Å². The summed E-state index contributed by atoms with van der Waals surface area (Å²) in [5.74, 6) is 0.442. The van der Waals surface area contributed by atoms with Crippen LogP contribution in [0.2, 0.25) is 10.0 Å². The number of nitrogens with zero attached hydrogens (tertiary/aromatic N) is 1. The topological polar surface area (TPSA) is 59.0 Å². The second-order valence-corrected chi connectivity index (χ2v) is 6.11. The summed E-state index contributed by atoms with van der Waals surface area (Å²) >= 11 is 11.8. The van der Waals surface area contributed by atoms with E-state index in [9.17, 15) is 9.90 Å². The van der Waals surface area contributed by atoms with Crippen molar-refractivity contribution in [3.05, 3.63) is 52.0 Å². The van der Waals surface area contributed by atoms with Crippen molar-refractivity contribution < 1.29 is 19.4 Å². The number of likely N-dealkylation sites (N-methyl/N-ethyl adjacent to an activating group) is 1. The lowest BCUT2D eigenvalue weighted by Crippen LogP contribution is -2.30. The van der Waals surface area contributed by atoms with Crippen LogP contribution in [0.15, 0.2) is 36.4 Å². The Morgan fingerprint density at radius 1 is 1.16 bits per heavy atom. The molecule has 2 rings (SSSR count). The molecule has 0 aliphatic carbocycles. The number of phenols is 1. The van der Waals surface area contributed by atoms with Crippen molar-refractivity contribution in [2.75, 3.05) is 26.8 Å². The second-order valence-electron chi connectivity index (χ2n) is 5.27. The summed E-state index contributed by atoms with van der Waals surface area (Å²) in [6.07, 6.45) is 0. The second kappa shape index (κ2) is 8.83.